The molecule has 0 spiro atoms. The van der Waals surface area contributed by atoms with Crippen LogP contribution >= 0.6 is 0 Å². The number of anilines is 1. The molecule has 5 heteroatoms. The van der Waals surface area contributed by atoms with E-state index < -0.39 is 11.7 Å². The molecule has 0 aliphatic carbocycles. The van der Waals surface area contributed by atoms with Crippen molar-refractivity contribution in [2.45, 2.75) is 32.9 Å². The Morgan fingerprint density at radius 1 is 1.30 bits per heavy atom. The SMILES string of the molecule is CC(C)(C)OC(=O)NCc1cccc2c(N)nccc12. The van der Waals surface area contributed by atoms with Gasteiger partial charge in [-0.25, -0.2) is 9.78 Å². The molecular formula is C15H19N3O2. The number of pyridine rings is 1. The molecule has 20 heavy (non-hydrogen) atoms. The van der Waals surface area contributed by atoms with Crippen LogP contribution < -0.4 is 11.1 Å². The molecule has 0 saturated heterocycles. The van der Waals surface area contributed by atoms with Gasteiger partial charge in [0.2, 0.25) is 0 Å². The molecule has 1 heterocycles. The molecule has 0 radical (unpaired) electrons. The molecule has 0 unspecified atom stereocenters. The third kappa shape index (κ3) is 3.38. The lowest BCUT2D eigenvalue weighted by Crippen LogP contribution is -2.32. The summed E-state index contributed by atoms with van der Waals surface area (Å²) in [6.45, 7) is 5.88. The van der Waals surface area contributed by atoms with Crippen LogP contribution in [0.4, 0.5) is 10.6 Å². The molecule has 1 aromatic heterocycles. The summed E-state index contributed by atoms with van der Waals surface area (Å²) < 4.78 is 5.21. The maximum absolute atomic E-state index is 11.7. The molecule has 2 aromatic rings. The summed E-state index contributed by atoms with van der Waals surface area (Å²) in [6, 6.07) is 7.64. The minimum absolute atomic E-state index is 0.385. The second kappa shape index (κ2) is 5.36. The zero-order valence-corrected chi connectivity index (χ0v) is 11.9. The van der Waals surface area contributed by atoms with E-state index in [2.05, 4.69) is 10.3 Å². The van der Waals surface area contributed by atoms with Crippen molar-refractivity contribution in [2.24, 2.45) is 0 Å². The highest BCUT2D eigenvalue weighted by molar-refractivity contribution is 5.93. The molecule has 1 aromatic carbocycles. The Kier molecular flexibility index (Phi) is 3.79. The molecule has 0 aliphatic heterocycles. The third-order valence-electron chi connectivity index (χ3n) is 2.75. The lowest BCUT2D eigenvalue weighted by molar-refractivity contribution is 0.0524. The lowest BCUT2D eigenvalue weighted by atomic mass is 10.1. The smallest absolute Gasteiger partial charge is 0.407 e. The van der Waals surface area contributed by atoms with Crippen molar-refractivity contribution in [1.29, 1.82) is 0 Å². The number of nitrogens with one attached hydrogen (secondary N) is 1. The standard InChI is InChI=1S/C15H19N3O2/c1-15(2,3)20-14(19)18-9-10-5-4-6-12-11(10)7-8-17-13(12)16/h4-8H,9H2,1-3H3,(H2,16,17)(H,18,19). The van der Waals surface area contributed by atoms with E-state index in [0.717, 1.165) is 16.3 Å². The largest absolute Gasteiger partial charge is 0.444 e. The van der Waals surface area contributed by atoms with Crippen molar-refractivity contribution in [3.8, 4) is 0 Å². The third-order valence-corrected chi connectivity index (χ3v) is 2.75. The average molecular weight is 273 g/mol. The van der Waals surface area contributed by atoms with E-state index in [0.29, 0.717) is 12.4 Å². The fourth-order valence-electron chi connectivity index (χ4n) is 1.93. The number of amides is 1. The molecule has 3 N–H and O–H groups in total. The highest BCUT2D eigenvalue weighted by Gasteiger charge is 2.16. The van der Waals surface area contributed by atoms with Crippen LogP contribution in [0.1, 0.15) is 26.3 Å². The van der Waals surface area contributed by atoms with Gasteiger partial charge in [0.25, 0.3) is 0 Å². The van der Waals surface area contributed by atoms with Crippen LogP contribution in [0.15, 0.2) is 30.5 Å². The second-order valence-corrected chi connectivity index (χ2v) is 5.56. The average Bonchev–Trinajstić information content (AvgIpc) is 2.35. The van der Waals surface area contributed by atoms with Crippen LogP contribution in [-0.2, 0) is 11.3 Å². The Balaban J connectivity index is 2.15. The second-order valence-electron chi connectivity index (χ2n) is 5.56. The van der Waals surface area contributed by atoms with E-state index in [4.69, 9.17) is 10.5 Å². The van der Waals surface area contributed by atoms with Gasteiger partial charge in [0.05, 0.1) is 0 Å². The first-order chi connectivity index (χ1) is 9.37. The molecule has 0 atom stereocenters. The van der Waals surface area contributed by atoms with Gasteiger partial charge in [-0.3, -0.25) is 0 Å². The Hall–Kier alpha value is -2.30. The fourth-order valence-corrected chi connectivity index (χ4v) is 1.93. The van der Waals surface area contributed by atoms with Gasteiger partial charge >= 0.3 is 6.09 Å². The van der Waals surface area contributed by atoms with E-state index in [-0.39, 0.29) is 0 Å². The molecule has 0 aliphatic rings. The number of carbonyl (C=O) groups excluding carboxylic acids is 1. The minimum atomic E-state index is -0.503. The van der Waals surface area contributed by atoms with Crippen molar-refractivity contribution < 1.29 is 9.53 Å². The van der Waals surface area contributed by atoms with Gasteiger partial charge in [-0.15, -0.1) is 0 Å². The topological polar surface area (TPSA) is 77.2 Å². The fraction of sp³-hybridized carbons (Fsp3) is 0.333. The normalized spacial score (nSPS) is 11.3. The number of alkyl carbamates (subject to hydrolysis) is 1. The van der Waals surface area contributed by atoms with Crippen molar-refractivity contribution in [2.75, 3.05) is 5.73 Å². The van der Waals surface area contributed by atoms with E-state index in [1.807, 2.05) is 45.0 Å². The van der Waals surface area contributed by atoms with Crippen LogP contribution in [0.25, 0.3) is 10.8 Å². The highest BCUT2D eigenvalue weighted by atomic mass is 16.6. The van der Waals surface area contributed by atoms with Gasteiger partial charge in [-0.1, -0.05) is 18.2 Å². The van der Waals surface area contributed by atoms with Crippen LogP contribution in [-0.4, -0.2) is 16.7 Å². The first kappa shape index (κ1) is 14.1. The number of hydrogen-bond donors (Lipinski definition) is 2. The van der Waals surface area contributed by atoms with E-state index in [1.165, 1.54) is 0 Å². The molecule has 5 nitrogen and oxygen atoms in total. The van der Waals surface area contributed by atoms with Crippen LogP contribution in [0.2, 0.25) is 0 Å². The minimum Gasteiger partial charge on any atom is -0.444 e. The summed E-state index contributed by atoms with van der Waals surface area (Å²) >= 11 is 0. The van der Waals surface area contributed by atoms with Crippen LogP contribution in [0.3, 0.4) is 0 Å². The summed E-state index contributed by atoms with van der Waals surface area (Å²) in [4.78, 5) is 15.7. The Morgan fingerprint density at radius 3 is 2.75 bits per heavy atom. The first-order valence-corrected chi connectivity index (χ1v) is 6.46. The number of ether oxygens (including phenoxy) is 1. The maximum Gasteiger partial charge on any atom is 0.407 e. The van der Waals surface area contributed by atoms with Crippen molar-refractivity contribution >= 4 is 22.7 Å². The molecule has 1 amide bonds. The Bertz CT molecular complexity index is 633. The quantitative estimate of drug-likeness (QED) is 0.882. The van der Waals surface area contributed by atoms with Gasteiger partial charge < -0.3 is 15.8 Å². The summed E-state index contributed by atoms with van der Waals surface area (Å²) in [5, 5.41) is 4.61. The number of benzene rings is 1. The zero-order valence-electron chi connectivity index (χ0n) is 11.9. The van der Waals surface area contributed by atoms with Gasteiger partial charge in [-0.2, -0.15) is 0 Å². The number of aromatic nitrogens is 1. The number of nitrogens with two attached hydrogens (primary N) is 1. The van der Waals surface area contributed by atoms with E-state index >= 15 is 0 Å². The number of fused-ring (bicyclic) bond motifs is 1. The monoisotopic (exact) mass is 273 g/mol. The number of nitrogen functional groups attached to an aromatic ring is 1. The Morgan fingerprint density at radius 2 is 2.05 bits per heavy atom. The molecule has 0 bridgehead atoms. The van der Waals surface area contributed by atoms with Crippen molar-refractivity contribution in [1.82, 2.24) is 10.3 Å². The van der Waals surface area contributed by atoms with Gasteiger partial charge in [0, 0.05) is 18.1 Å². The predicted molar refractivity (Wildman–Crippen MR) is 79.2 cm³/mol. The molecule has 0 saturated carbocycles. The number of hydrogen-bond acceptors (Lipinski definition) is 4. The van der Waals surface area contributed by atoms with Gasteiger partial charge in [0.1, 0.15) is 11.4 Å². The maximum atomic E-state index is 11.7. The summed E-state index contributed by atoms with van der Waals surface area (Å²) in [5.41, 5.74) is 6.31. The summed E-state index contributed by atoms with van der Waals surface area (Å²) in [6.07, 6.45) is 1.23. The first-order valence-electron chi connectivity index (χ1n) is 6.46. The summed E-state index contributed by atoms with van der Waals surface area (Å²) in [5.74, 6) is 0.488. The van der Waals surface area contributed by atoms with Crippen LogP contribution in [0, 0.1) is 0 Å². The highest BCUT2D eigenvalue weighted by Crippen LogP contribution is 2.22. The number of carbonyl (C=O) groups is 1. The zero-order chi connectivity index (χ0) is 14.8. The van der Waals surface area contributed by atoms with Crippen molar-refractivity contribution in [3.05, 3.63) is 36.0 Å². The number of rotatable bonds is 2. The van der Waals surface area contributed by atoms with E-state index in [1.54, 1.807) is 6.20 Å². The van der Waals surface area contributed by atoms with Crippen LogP contribution in [0.5, 0.6) is 0 Å². The van der Waals surface area contributed by atoms with Crippen molar-refractivity contribution in [3.63, 3.8) is 0 Å². The molecule has 0 fully saturated rings. The molecule has 106 valence electrons. The van der Waals surface area contributed by atoms with Gasteiger partial charge in [0.15, 0.2) is 0 Å². The van der Waals surface area contributed by atoms with Gasteiger partial charge in [-0.05, 0) is 37.8 Å². The number of nitrogens with zero attached hydrogens (tertiary/aromatic N) is 1. The molecule has 2 rings (SSSR count). The Labute approximate surface area is 118 Å². The predicted octanol–water partition coefficient (Wildman–Crippen LogP) is 2.84. The summed E-state index contributed by atoms with van der Waals surface area (Å²) in [7, 11) is 0. The lowest BCUT2D eigenvalue weighted by Gasteiger charge is -2.19. The van der Waals surface area contributed by atoms with E-state index in [9.17, 15) is 4.79 Å². The molecular weight excluding hydrogens is 254 g/mol.